The predicted octanol–water partition coefficient (Wildman–Crippen LogP) is 0.195. The fourth-order valence-corrected chi connectivity index (χ4v) is 1.75. The number of nitrogen functional groups attached to an aromatic ring is 1. The highest BCUT2D eigenvalue weighted by atomic mass is 16.4. The van der Waals surface area contributed by atoms with E-state index in [1.165, 1.54) is 9.20 Å². The summed E-state index contributed by atoms with van der Waals surface area (Å²) in [5.41, 5.74) is 6.20. The van der Waals surface area contributed by atoms with Crippen LogP contribution in [0.3, 0.4) is 0 Å². The van der Waals surface area contributed by atoms with Crippen LogP contribution in [0.5, 0.6) is 0 Å². The van der Waals surface area contributed by atoms with Gasteiger partial charge in [0.05, 0.1) is 5.69 Å². The summed E-state index contributed by atoms with van der Waals surface area (Å²) < 4.78 is 2.63. The lowest BCUT2D eigenvalue weighted by molar-refractivity contribution is 0.0687. The normalized spacial score (nSPS) is 10.9. The number of fused-ring (bicyclic) bond motifs is 1. The van der Waals surface area contributed by atoms with Crippen molar-refractivity contribution in [3.05, 3.63) is 36.3 Å². The van der Waals surface area contributed by atoms with Crippen LogP contribution in [0.25, 0.3) is 11.3 Å². The Hall–Kier alpha value is -2.90. The lowest BCUT2D eigenvalue weighted by atomic mass is 10.3. The summed E-state index contributed by atoms with van der Waals surface area (Å²) in [6.07, 6.45) is 3.21. The number of carboxylic acids is 1. The second-order valence-corrected chi connectivity index (χ2v) is 3.56. The lowest BCUT2D eigenvalue weighted by Gasteiger charge is -2.06. The van der Waals surface area contributed by atoms with Crippen LogP contribution >= 0.6 is 0 Å². The van der Waals surface area contributed by atoms with Crippen LogP contribution in [-0.4, -0.2) is 35.5 Å². The quantitative estimate of drug-likeness (QED) is 0.665. The van der Waals surface area contributed by atoms with Gasteiger partial charge in [-0.1, -0.05) is 0 Å². The van der Waals surface area contributed by atoms with E-state index in [4.69, 9.17) is 5.73 Å². The molecule has 0 aliphatic heterocycles. The molecule has 8 heteroatoms. The molecule has 0 radical (unpaired) electrons. The van der Waals surface area contributed by atoms with Gasteiger partial charge in [0.1, 0.15) is 0 Å². The zero-order valence-electron chi connectivity index (χ0n) is 9.06. The van der Waals surface area contributed by atoms with Gasteiger partial charge in [-0.05, 0) is 18.2 Å². The number of aromatic carboxylic acids is 1. The van der Waals surface area contributed by atoms with Crippen LogP contribution < -0.4 is 5.73 Å². The molecule has 3 aromatic rings. The third-order valence-corrected chi connectivity index (χ3v) is 2.45. The Kier molecular flexibility index (Phi) is 2.03. The molecule has 90 valence electrons. The van der Waals surface area contributed by atoms with E-state index < -0.39 is 5.97 Å². The first-order valence-corrected chi connectivity index (χ1v) is 5.05. The van der Waals surface area contributed by atoms with Gasteiger partial charge in [-0.3, -0.25) is 0 Å². The van der Waals surface area contributed by atoms with Gasteiger partial charge in [-0.2, -0.15) is 10.1 Å². The summed E-state index contributed by atoms with van der Waals surface area (Å²) >= 11 is 0. The average Bonchev–Trinajstić information content (AvgIpc) is 2.93. The van der Waals surface area contributed by atoms with E-state index in [-0.39, 0.29) is 11.6 Å². The molecular formula is C10H8N6O2. The van der Waals surface area contributed by atoms with Gasteiger partial charge in [0.25, 0.3) is 0 Å². The van der Waals surface area contributed by atoms with Crippen molar-refractivity contribution in [1.29, 1.82) is 0 Å². The topological polar surface area (TPSA) is 111 Å². The van der Waals surface area contributed by atoms with Crippen LogP contribution in [0.15, 0.2) is 30.6 Å². The van der Waals surface area contributed by atoms with Crippen LogP contribution in [0.1, 0.15) is 10.5 Å². The maximum absolute atomic E-state index is 11.4. The number of rotatable bonds is 2. The van der Waals surface area contributed by atoms with Gasteiger partial charge >= 0.3 is 5.97 Å². The molecule has 3 N–H and O–H groups in total. The molecule has 8 nitrogen and oxygen atoms in total. The van der Waals surface area contributed by atoms with E-state index in [2.05, 4.69) is 15.2 Å². The molecule has 0 aliphatic carbocycles. The number of nitrogens with zero attached hydrogens (tertiary/aromatic N) is 5. The molecule has 0 saturated heterocycles. The molecule has 0 unspecified atom stereocenters. The number of anilines is 1. The minimum absolute atomic E-state index is 0.0233. The van der Waals surface area contributed by atoms with Crippen molar-refractivity contribution >= 4 is 17.6 Å². The Morgan fingerprint density at radius 3 is 2.89 bits per heavy atom. The molecular weight excluding hydrogens is 236 g/mol. The zero-order valence-corrected chi connectivity index (χ0v) is 9.06. The summed E-state index contributed by atoms with van der Waals surface area (Å²) in [5, 5.41) is 17.2. The Morgan fingerprint density at radius 2 is 2.22 bits per heavy atom. The molecule has 3 heterocycles. The molecule has 0 atom stereocenters. The largest absolute Gasteiger partial charge is 0.476 e. The summed E-state index contributed by atoms with van der Waals surface area (Å²) in [7, 11) is 0. The molecule has 0 spiro atoms. The monoisotopic (exact) mass is 244 g/mol. The summed E-state index contributed by atoms with van der Waals surface area (Å²) in [6.45, 7) is 0. The van der Waals surface area contributed by atoms with Crippen molar-refractivity contribution in [1.82, 2.24) is 24.4 Å². The van der Waals surface area contributed by atoms with Crippen molar-refractivity contribution in [2.75, 3.05) is 5.73 Å². The third-order valence-electron chi connectivity index (χ3n) is 2.45. The molecule has 0 amide bonds. The van der Waals surface area contributed by atoms with Gasteiger partial charge < -0.3 is 10.8 Å². The Labute approximate surface area is 100 Å². The number of hydrogen-bond acceptors (Lipinski definition) is 5. The summed E-state index contributed by atoms with van der Waals surface area (Å²) in [5.74, 6) is -1.11. The number of nitrogens with two attached hydrogens (primary N) is 1. The van der Waals surface area contributed by atoms with Crippen molar-refractivity contribution in [2.45, 2.75) is 0 Å². The van der Waals surface area contributed by atoms with Crippen molar-refractivity contribution < 1.29 is 9.90 Å². The fourth-order valence-electron chi connectivity index (χ4n) is 1.75. The lowest BCUT2D eigenvalue weighted by Crippen LogP contribution is -2.12. The van der Waals surface area contributed by atoms with E-state index in [1.54, 1.807) is 30.6 Å². The van der Waals surface area contributed by atoms with Gasteiger partial charge in [-0.15, -0.1) is 5.10 Å². The van der Waals surface area contributed by atoms with Gasteiger partial charge in [-0.25, -0.2) is 14.0 Å². The molecule has 0 aromatic carbocycles. The maximum atomic E-state index is 11.4. The number of pyridine rings is 1. The standard InChI is InChI=1S/C10H8N6O2/c11-10-13-7-3-2-6(15-5-1-4-12-15)8(9(17)18)16(7)14-10/h1-5H,(H2,11,14)(H,17,18). The zero-order chi connectivity index (χ0) is 12.7. The molecule has 0 aliphatic rings. The molecule has 0 saturated carbocycles. The molecule has 18 heavy (non-hydrogen) atoms. The van der Waals surface area contributed by atoms with E-state index in [0.717, 1.165) is 0 Å². The first-order valence-electron chi connectivity index (χ1n) is 5.05. The first-order chi connectivity index (χ1) is 8.66. The van der Waals surface area contributed by atoms with Gasteiger partial charge in [0, 0.05) is 12.4 Å². The van der Waals surface area contributed by atoms with Crippen molar-refractivity contribution in [2.24, 2.45) is 0 Å². The van der Waals surface area contributed by atoms with E-state index in [1.807, 2.05) is 0 Å². The van der Waals surface area contributed by atoms with Crippen molar-refractivity contribution in [3.8, 4) is 5.69 Å². The van der Waals surface area contributed by atoms with Gasteiger partial charge in [0.15, 0.2) is 11.3 Å². The average molecular weight is 244 g/mol. The van der Waals surface area contributed by atoms with Crippen LogP contribution in [0.4, 0.5) is 5.95 Å². The van der Waals surface area contributed by atoms with Gasteiger partial charge in [0.2, 0.25) is 5.95 Å². The highest BCUT2D eigenvalue weighted by Crippen LogP contribution is 2.16. The number of carbonyl (C=O) groups is 1. The van der Waals surface area contributed by atoms with E-state index >= 15 is 0 Å². The number of aromatic nitrogens is 5. The highest BCUT2D eigenvalue weighted by molar-refractivity contribution is 5.90. The predicted molar refractivity (Wildman–Crippen MR) is 61.5 cm³/mol. The van der Waals surface area contributed by atoms with E-state index in [0.29, 0.717) is 11.3 Å². The second kappa shape index (κ2) is 3.55. The summed E-state index contributed by atoms with van der Waals surface area (Å²) in [4.78, 5) is 15.3. The van der Waals surface area contributed by atoms with Crippen LogP contribution in [0.2, 0.25) is 0 Å². The van der Waals surface area contributed by atoms with Crippen molar-refractivity contribution in [3.63, 3.8) is 0 Å². The Morgan fingerprint density at radius 1 is 1.39 bits per heavy atom. The third kappa shape index (κ3) is 1.39. The SMILES string of the molecule is Nc1nc2ccc(-n3cccn3)c(C(=O)O)n2n1. The molecule has 0 fully saturated rings. The Bertz CT molecular complexity index is 730. The van der Waals surface area contributed by atoms with E-state index in [9.17, 15) is 9.90 Å². The maximum Gasteiger partial charge on any atom is 0.356 e. The first kappa shape index (κ1) is 10.3. The van der Waals surface area contributed by atoms with Crippen LogP contribution in [0, 0.1) is 0 Å². The summed E-state index contributed by atoms with van der Waals surface area (Å²) in [6, 6.07) is 4.94. The number of carboxylic acid groups (broad SMARTS) is 1. The smallest absolute Gasteiger partial charge is 0.356 e. The Balaban J connectivity index is 2.38. The van der Waals surface area contributed by atoms with Crippen LogP contribution in [-0.2, 0) is 0 Å². The highest BCUT2D eigenvalue weighted by Gasteiger charge is 2.18. The minimum atomic E-state index is -1.13. The second-order valence-electron chi connectivity index (χ2n) is 3.56. The fraction of sp³-hybridized carbons (Fsp3) is 0. The number of hydrogen-bond donors (Lipinski definition) is 2. The minimum Gasteiger partial charge on any atom is -0.476 e. The molecule has 0 bridgehead atoms. The molecule has 3 aromatic heterocycles. The molecule has 3 rings (SSSR count).